The number of piperazine rings is 1. The van der Waals surface area contributed by atoms with Crippen LogP contribution in [0, 0.1) is 0 Å². The molecule has 0 aromatic carbocycles. The Hall–Kier alpha value is -0.160. The minimum atomic E-state index is 0.196. The van der Waals surface area contributed by atoms with E-state index in [9.17, 15) is 0 Å². The van der Waals surface area contributed by atoms with E-state index in [0.29, 0.717) is 6.61 Å². The van der Waals surface area contributed by atoms with Crippen LogP contribution in [-0.2, 0) is 0 Å². The first-order valence-corrected chi connectivity index (χ1v) is 6.29. The summed E-state index contributed by atoms with van der Waals surface area (Å²) in [5.41, 5.74) is 6.07. The quantitative estimate of drug-likeness (QED) is 0.703. The van der Waals surface area contributed by atoms with Crippen LogP contribution in [0.3, 0.4) is 0 Å². The Labute approximate surface area is 99.4 Å². The zero-order chi connectivity index (χ0) is 12.2. The van der Waals surface area contributed by atoms with Crippen LogP contribution in [0.1, 0.15) is 27.2 Å². The molecular weight excluding hydrogens is 202 g/mol. The molecule has 0 aromatic heterocycles. The first-order valence-electron chi connectivity index (χ1n) is 6.29. The molecule has 1 saturated heterocycles. The number of nitrogens with zero attached hydrogens (tertiary/aromatic N) is 2. The van der Waals surface area contributed by atoms with Gasteiger partial charge in [-0.15, -0.1) is 0 Å². The van der Waals surface area contributed by atoms with Crippen molar-refractivity contribution in [1.29, 1.82) is 0 Å². The van der Waals surface area contributed by atoms with Gasteiger partial charge in [-0.05, 0) is 27.2 Å². The Bertz CT molecular complexity index is 206. The molecule has 4 nitrogen and oxygen atoms in total. The fourth-order valence-electron chi connectivity index (χ4n) is 2.46. The lowest BCUT2D eigenvalue weighted by molar-refractivity contribution is 0.0149. The Kier molecular flexibility index (Phi) is 5.18. The van der Waals surface area contributed by atoms with Gasteiger partial charge in [-0.2, -0.15) is 0 Å². The summed E-state index contributed by atoms with van der Waals surface area (Å²) in [4.78, 5) is 4.92. The number of hydrogen-bond acceptors (Lipinski definition) is 4. The van der Waals surface area contributed by atoms with Gasteiger partial charge in [0, 0.05) is 50.9 Å². The molecule has 1 unspecified atom stereocenters. The third kappa shape index (κ3) is 4.01. The van der Waals surface area contributed by atoms with Crippen LogP contribution >= 0.6 is 0 Å². The highest BCUT2D eigenvalue weighted by atomic mass is 16.3. The zero-order valence-electron chi connectivity index (χ0n) is 10.9. The van der Waals surface area contributed by atoms with E-state index in [1.165, 1.54) is 0 Å². The molecule has 0 spiro atoms. The smallest absolute Gasteiger partial charge is 0.0443 e. The van der Waals surface area contributed by atoms with Gasteiger partial charge in [0.15, 0.2) is 0 Å². The molecule has 4 heteroatoms. The molecular formula is C12H27N3O. The van der Waals surface area contributed by atoms with E-state index < -0.39 is 0 Å². The first-order chi connectivity index (χ1) is 7.45. The van der Waals surface area contributed by atoms with Gasteiger partial charge >= 0.3 is 0 Å². The van der Waals surface area contributed by atoms with E-state index in [4.69, 9.17) is 10.8 Å². The van der Waals surface area contributed by atoms with Gasteiger partial charge in [-0.3, -0.25) is 4.90 Å². The van der Waals surface area contributed by atoms with Gasteiger partial charge in [0.1, 0.15) is 0 Å². The summed E-state index contributed by atoms with van der Waals surface area (Å²) in [6, 6.07) is 0.239. The third-order valence-corrected chi connectivity index (χ3v) is 3.29. The van der Waals surface area contributed by atoms with Crippen molar-refractivity contribution in [3.8, 4) is 0 Å². The Morgan fingerprint density at radius 3 is 2.56 bits per heavy atom. The van der Waals surface area contributed by atoms with Crippen molar-refractivity contribution in [3.05, 3.63) is 0 Å². The minimum Gasteiger partial charge on any atom is -0.396 e. The Balaban J connectivity index is 2.45. The van der Waals surface area contributed by atoms with Crippen LogP contribution in [-0.4, -0.2) is 65.8 Å². The standard InChI is InChI=1S/C12H27N3O/c1-11(13)9-15-7-6-14(5-4-8-16)10-12(15,2)3/h11,16H,4-10,13H2,1-3H3. The second kappa shape index (κ2) is 5.96. The van der Waals surface area contributed by atoms with Crippen molar-refractivity contribution >= 4 is 0 Å². The van der Waals surface area contributed by atoms with E-state index in [-0.39, 0.29) is 11.6 Å². The zero-order valence-corrected chi connectivity index (χ0v) is 10.9. The van der Waals surface area contributed by atoms with Gasteiger partial charge in [0.2, 0.25) is 0 Å². The average molecular weight is 229 g/mol. The predicted octanol–water partition coefficient (Wildman–Crippen LogP) is 0.112. The van der Waals surface area contributed by atoms with Crippen LogP contribution in [0.25, 0.3) is 0 Å². The molecule has 1 rings (SSSR count). The molecule has 0 saturated carbocycles. The molecule has 1 fully saturated rings. The van der Waals surface area contributed by atoms with Crippen LogP contribution in [0.15, 0.2) is 0 Å². The largest absolute Gasteiger partial charge is 0.396 e. The molecule has 1 atom stereocenters. The van der Waals surface area contributed by atoms with Crippen molar-refractivity contribution in [3.63, 3.8) is 0 Å². The van der Waals surface area contributed by atoms with Crippen LogP contribution in [0.5, 0.6) is 0 Å². The van der Waals surface area contributed by atoms with Crippen LogP contribution in [0.4, 0.5) is 0 Å². The van der Waals surface area contributed by atoms with Crippen molar-refractivity contribution in [2.45, 2.75) is 38.8 Å². The molecule has 1 heterocycles. The second-order valence-corrected chi connectivity index (χ2v) is 5.59. The third-order valence-electron chi connectivity index (χ3n) is 3.29. The van der Waals surface area contributed by atoms with E-state index in [1.807, 2.05) is 0 Å². The molecule has 0 radical (unpaired) electrons. The maximum atomic E-state index is 8.84. The molecule has 0 amide bonds. The average Bonchev–Trinajstić information content (AvgIpc) is 2.17. The van der Waals surface area contributed by atoms with E-state index in [2.05, 4.69) is 30.6 Å². The summed E-state index contributed by atoms with van der Waals surface area (Å²) >= 11 is 0. The van der Waals surface area contributed by atoms with Gasteiger partial charge < -0.3 is 15.7 Å². The summed E-state index contributed by atoms with van der Waals surface area (Å²) in [5.74, 6) is 0. The highest BCUT2D eigenvalue weighted by Crippen LogP contribution is 2.20. The van der Waals surface area contributed by atoms with Crippen molar-refractivity contribution in [2.75, 3.05) is 39.3 Å². The first kappa shape index (κ1) is 13.9. The summed E-state index contributed by atoms with van der Waals surface area (Å²) in [5, 5.41) is 8.84. The second-order valence-electron chi connectivity index (χ2n) is 5.59. The number of hydrogen-bond donors (Lipinski definition) is 2. The summed E-state index contributed by atoms with van der Waals surface area (Å²) in [7, 11) is 0. The lowest BCUT2D eigenvalue weighted by Crippen LogP contribution is -2.61. The van der Waals surface area contributed by atoms with Crippen molar-refractivity contribution in [1.82, 2.24) is 9.80 Å². The van der Waals surface area contributed by atoms with Gasteiger partial charge in [0.05, 0.1) is 0 Å². The monoisotopic (exact) mass is 229 g/mol. The topological polar surface area (TPSA) is 52.7 Å². The molecule has 0 bridgehead atoms. The SMILES string of the molecule is CC(N)CN1CCN(CCCO)CC1(C)C. The van der Waals surface area contributed by atoms with Gasteiger partial charge in [-0.25, -0.2) is 0 Å². The maximum Gasteiger partial charge on any atom is 0.0443 e. The van der Waals surface area contributed by atoms with E-state index in [1.54, 1.807) is 0 Å². The van der Waals surface area contributed by atoms with Crippen LogP contribution < -0.4 is 5.73 Å². The molecule has 1 aliphatic heterocycles. The fourth-order valence-corrected chi connectivity index (χ4v) is 2.46. The van der Waals surface area contributed by atoms with Crippen molar-refractivity contribution < 1.29 is 5.11 Å². The molecule has 16 heavy (non-hydrogen) atoms. The summed E-state index contributed by atoms with van der Waals surface area (Å²) < 4.78 is 0. The van der Waals surface area contributed by atoms with Gasteiger partial charge in [-0.1, -0.05) is 0 Å². The number of aliphatic hydroxyl groups excluding tert-OH is 1. The highest BCUT2D eigenvalue weighted by Gasteiger charge is 2.33. The summed E-state index contributed by atoms with van der Waals surface area (Å²) in [6.07, 6.45) is 0.878. The molecule has 0 aliphatic carbocycles. The Morgan fingerprint density at radius 1 is 1.38 bits per heavy atom. The lowest BCUT2D eigenvalue weighted by atomic mass is 9.98. The normalized spacial score (nSPS) is 24.6. The Morgan fingerprint density at radius 2 is 2.06 bits per heavy atom. The van der Waals surface area contributed by atoms with E-state index in [0.717, 1.165) is 39.1 Å². The fraction of sp³-hybridized carbons (Fsp3) is 1.00. The van der Waals surface area contributed by atoms with Crippen molar-refractivity contribution in [2.24, 2.45) is 5.73 Å². The molecule has 3 N–H and O–H groups in total. The maximum absolute atomic E-state index is 8.84. The number of aliphatic hydroxyl groups is 1. The predicted molar refractivity (Wildman–Crippen MR) is 67.4 cm³/mol. The molecule has 0 aromatic rings. The van der Waals surface area contributed by atoms with E-state index >= 15 is 0 Å². The summed E-state index contributed by atoms with van der Waals surface area (Å²) in [6.45, 7) is 12.1. The lowest BCUT2D eigenvalue weighted by Gasteiger charge is -2.47. The van der Waals surface area contributed by atoms with Gasteiger partial charge in [0.25, 0.3) is 0 Å². The number of nitrogens with two attached hydrogens (primary N) is 1. The molecule has 1 aliphatic rings. The molecule has 96 valence electrons. The van der Waals surface area contributed by atoms with Crippen LogP contribution in [0.2, 0.25) is 0 Å². The number of rotatable bonds is 5. The minimum absolute atomic E-state index is 0.196. The highest BCUT2D eigenvalue weighted by molar-refractivity contribution is 4.90.